The number of para-hydroxylation sites is 1. The van der Waals surface area contributed by atoms with Crippen molar-refractivity contribution in [2.24, 2.45) is 10.7 Å². The van der Waals surface area contributed by atoms with Crippen LogP contribution in [0.5, 0.6) is 17.5 Å². The van der Waals surface area contributed by atoms with Crippen LogP contribution in [0.2, 0.25) is 0 Å². The van der Waals surface area contributed by atoms with Gasteiger partial charge in [0, 0.05) is 11.5 Å². The minimum atomic E-state index is -2.72. The van der Waals surface area contributed by atoms with Crippen LogP contribution in [0.1, 0.15) is 27.0 Å². The maximum absolute atomic E-state index is 12.6. The molecule has 1 aliphatic rings. The molecule has 0 radical (unpaired) electrons. The molecule has 1 fully saturated rings. The average Bonchev–Trinajstić information content (AvgIpc) is 3.47. The lowest BCUT2D eigenvalue weighted by Crippen LogP contribution is -2.44. The molecule has 6 atom stereocenters. The van der Waals surface area contributed by atoms with E-state index in [0.717, 1.165) is 0 Å². The van der Waals surface area contributed by atoms with Gasteiger partial charge < -0.3 is 40.2 Å². The summed E-state index contributed by atoms with van der Waals surface area (Å²) < 4.78 is 27.8. The van der Waals surface area contributed by atoms with Gasteiger partial charge in [0.1, 0.15) is 29.9 Å². The number of hydrogen-bond donors (Lipinski definition) is 4. The molecule has 0 amide bonds. The molecule has 5 N–H and O–H groups in total. The molecule has 228 valence electrons. The summed E-state index contributed by atoms with van der Waals surface area (Å²) in [5.41, 5.74) is 4.84. The zero-order chi connectivity index (χ0) is 31.1. The largest absolute Gasteiger partial charge is 0.575 e. The summed E-state index contributed by atoms with van der Waals surface area (Å²) in [6.07, 6.45) is -2.13. The molecule has 1 aliphatic heterocycles. The smallest absolute Gasteiger partial charge is 0.395 e. The Hall–Kier alpha value is -4.21. The summed E-state index contributed by atoms with van der Waals surface area (Å²) in [7, 11) is -1.31. The lowest BCUT2D eigenvalue weighted by molar-refractivity contribution is -0.169. The molecule has 17 heteroatoms. The van der Waals surface area contributed by atoms with Gasteiger partial charge in [0.2, 0.25) is 23.5 Å². The van der Waals surface area contributed by atoms with Crippen molar-refractivity contribution < 1.29 is 43.7 Å². The average molecular weight is 616 g/mol. The molecule has 43 heavy (non-hydrogen) atoms. The predicted molar refractivity (Wildman–Crippen MR) is 150 cm³/mol. The zero-order valence-corrected chi connectivity index (χ0v) is 24.5. The fraction of sp³-hybridized carbons (Fsp3) is 0.423. The van der Waals surface area contributed by atoms with Gasteiger partial charge in [0.15, 0.2) is 23.4 Å². The van der Waals surface area contributed by atoms with Gasteiger partial charge in [-0.2, -0.15) is 9.97 Å². The first kappa shape index (κ1) is 30.3. The first-order valence-corrected chi connectivity index (χ1v) is 14.2. The summed E-state index contributed by atoms with van der Waals surface area (Å²) in [5, 5.41) is 32.2. The second kappa shape index (κ2) is 11.8. The molecular weight excluding hydrogens is 585 g/mol. The van der Waals surface area contributed by atoms with Gasteiger partial charge in [0.05, 0.1) is 13.4 Å². The summed E-state index contributed by atoms with van der Waals surface area (Å²) in [4.78, 5) is 40.9. The summed E-state index contributed by atoms with van der Waals surface area (Å²) in [6.45, 7) is 4.51. The van der Waals surface area contributed by atoms with Crippen LogP contribution in [-0.2, 0) is 9.53 Å². The van der Waals surface area contributed by atoms with Gasteiger partial charge in [-0.15, -0.1) is 0 Å². The number of carboxylic acids is 1. The number of aliphatic hydroxyl groups is 2. The molecule has 3 aromatic heterocycles. The van der Waals surface area contributed by atoms with Gasteiger partial charge in [-0.05, 0) is 25.0 Å². The minimum absolute atomic E-state index is 0.0743. The van der Waals surface area contributed by atoms with Crippen LogP contribution in [0, 0.1) is 5.92 Å². The number of methoxy groups -OCH3 is 1. The van der Waals surface area contributed by atoms with Crippen molar-refractivity contribution in [3.8, 4) is 17.5 Å². The summed E-state index contributed by atoms with van der Waals surface area (Å²) >= 11 is 0. The van der Waals surface area contributed by atoms with E-state index in [4.69, 9.17) is 24.5 Å². The molecule has 0 aliphatic carbocycles. The van der Waals surface area contributed by atoms with Crippen LogP contribution >= 0.6 is 8.17 Å². The van der Waals surface area contributed by atoms with Gasteiger partial charge in [-0.25, -0.2) is 14.8 Å². The number of pyridine rings is 1. The van der Waals surface area contributed by atoms with E-state index in [1.54, 1.807) is 38.1 Å². The Morgan fingerprint density at radius 2 is 2.02 bits per heavy atom. The molecule has 1 aromatic carbocycles. The Balaban J connectivity index is 1.35. The zero-order valence-electron chi connectivity index (χ0n) is 23.6. The quantitative estimate of drug-likeness (QED) is 0.185. The highest BCUT2D eigenvalue weighted by atomic mass is 31.1. The van der Waals surface area contributed by atoms with Gasteiger partial charge in [0.25, 0.3) is 0 Å². The number of imidazole rings is 1. The Morgan fingerprint density at radius 3 is 2.72 bits per heavy atom. The number of anilines is 1. The first-order chi connectivity index (χ1) is 20.4. The van der Waals surface area contributed by atoms with E-state index in [9.17, 15) is 25.0 Å². The lowest BCUT2D eigenvalue weighted by atomic mass is 9.96. The highest BCUT2D eigenvalue weighted by Crippen LogP contribution is 2.40. The number of nitrogens with zero attached hydrogens (tertiary/aromatic N) is 6. The van der Waals surface area contributed by atoms with Crippen molar-refractivity contribution >= 4 is 42.2 Å². The number of aromatic nitrogens is 5. The fourth-order valence-corrected chi connectivity index (χ4v) is 5.63. The summed E-state index contributed by atoms with van der Waals surface area (Å²) in [6, 6.07) is 7.03. The number of carboxylic acid groups (broad SMARTS) is 1. The second-order valence-electron chi connectivity index (χ2n) is 10.4. The summed E-state index contributed by atoms with van der Waals surface area (Å²) in [5.74, 6) is -1.28. The molecule has 16 nitrogen and oxygen atoms in total. The number of rotatable bonds is 10. The minimum Gasteiger partial charge on any atom is -0.575 e. The molecule has 4 aromatic rings. The number of nitrogens with two attached hydrogens (primary N) is 1. The number of carbonyl (C=O) groups is 1. The van der Waals surface area contributed by atoms with E-state index in [1.165, 1.54) is 31.0 Å². The van der Waals surface area contributed by atoms with Gasteiger partial charge in [-0.1, -0.05) is 30.7 Å². The third-order valence-electron chi connectivity index (χ3n) is 6.94. The van der Waals surface area contributed by atoms with Crippen LogP contribution in [0.25, 0.3) is 22.1 Å². The van der Waals surface area contributed by atoms with Crippen LogP contribution in [-0.4, -0.2) is 83.4 Å². The van der Waals surface area contributed by atoms with Crippen molar-refractivity contribution in [3.05, 3.63) is 36.7 Å². The van der Waals surface area contributed by atoms with Crippen molar-refractivity contribution in [2.45, 2.75) is 50.8 Å². The van der Waals surface area contributed by atoms with Gasteiger partial charge >= 0.3 is 14.1 Å². The third-order valence-corrected chi connectivity index (χ3v) is 7.73. The van der Waals surface area contributed by atoms with E-state index in [-0.39, 0.29) is 41.6 Å². The molecule has 0 saturated carbocycles. The highest BCUT2D eigenvalue weighted by Gasteiger charge is 2.54. The topological polar surface area (TPSA) is 233 Å². The second-order valence-corrected chi connectivity index (χ2v) is 11.3. The molecule has 3 unspecified atom stereocenters. The third kappa shape index (κ3) is 5.87. The molecular formula is C26H30N7O9P. The Morgan fingerprint density at radius 1 is 1.26 bits per heavy atom. The number of ether oxygens (including phenoxy) is 3. The van der Waals surface area contributed by atoms with E-state index in [2.05, 4.69) is 24.7 Å². The van der Waals surface area contributed by atoms with E-state index in [0.29, 0.717) is 16.4 Å². The number of fused-ring (bicyclic) bond motifs is 2. The fourth-order valence-electron chi connectivity index (χ4n) is 4.70. The van der Waals surface area contributed by atoms with E-state index in [1.807, 2.05) is 0 Å². The number of benzene rings is 1. The molecule has 0 bridgehead atoms. The van der Waals surface area contributed by atoms with E-state index < -0.39 is 44.2 Å². The Labute approximate surface area is 245 Å². The number of hydrogen-bond acceptors (Lipinski definition) is 14. The number of nitrogen functional groups attached to an aromatic ring is 1. The number of aliphatic carboxylic acids is 1. The molecule has 0 spiro atoms. The lowest BCUT2D eigenvalue weighted by Gasteiger charge is -2.27. The normalized spacial score (nSPS) is 23.2. The maximum atomic E-state index is 12.6. The SMILES string of the molecule is COc1nc(N)nc2c1ncn2C1O[C@H](COc2ccc3cccc(O/[P+]([O-])=N/C(C(=O)O)C(C)C)c3n2)[C@@H](O)[C@@]1(C)O. The highest BCUT2D eigenvalue weighted by molar-refractivity contribution is 7.34. The maximum Gasteiger partial charge on any atom is 0.395 e. The van der Waals surface area contributed by atoms with Gasteiger partial charge in [-0.3, -0.25) is 9.09 Å². The molecule has 1 saturated heterocycles. The monoisotopic (exact) mass is 615 g/mol. The van der Waals surface area contributed by atoms with Crippen molar-refractivity contribution in [1.29, 1.82) is 0 Å². The number of aliphatic hydroxyl groups excluding tert-OH is 1. The Bertz CT molecular complexity index is 1700. The van der Waals surface area contributed by atoms with Crippen LogP contribution in [0.3, 0.4) is 0 Å². The van der Waals surface area contributed by atoms with Crippen molar-refractivity contribution in [3.63, 3.8) is 0 Å². The molecule has 4 heterocycles. The van der Waals surface area contributed by atoms with Crippen molar-refractivity contribution in [2.75, 3.05) is 19.5 Å². The van der Waals surface area contributed by atoms with Crippen LogP contribution < -0.4 is 24.6 Å². The van der Waals surface area contributed by atoms with Crippen LogP contribution in [0.4, 0.5) is 5.95 Å². The van der Waals surface area contributed by atoms with Crippen molar-refractivity contribution in [1.82, 2.24) is 24.5 Å². The predicted octanol–water partition coefficient (Wildman–Crippen LogP) is 1.40. The van der Waals surface area contributed by atoms with Crippen LogP contribution in [0.15, 0.2) is 41.4 Å². The van der Waals surface area contributed by atoms with E-state index >= 15 is 0 Å². The Kier molecular flexibility index (Phi) is 8.31. The first-order valence-electron chi connectivity index (χ1n) is 13.1. The standard InChI is InChI=1S/C26H30N7O9P/c1-12(2)17(23(35)36)32-43(38)42-14-7-5-6-13-8-9-16(29-18(13)14)40-10-15-20(34)26(3,37)24(41-15)33-11-28-19-21(33)30-25(27)31-22(19)39-4/h5-9,11-12,15,17,20,24,34,37H,10H2,1-4H3,(H,35,36)(H2,27,30,31)/t15-,17?,20-,24?,26-/m1/s1. The molecule has 5 rings (SSSR count).